The lowest BCUT2D eigenvalue weighted by atomic mass is 9.89. The second kappa shape index (κ2) is 9.10. The van der Waals surface area contributed by atoms with Crippen molar-refractivity contribution < 1.29 is 9.84 Å². The van der Waals surface area contributed by atoms with E-state index >= 15 is 0 Å². The molecule has 2 atom stereocenters. The lowest BCUT2D eigenvalue weighted by Gasteiger charge is -2.22. The van der Waals surface area contributed by atoms with Crippen LogP contribution in [0.25, 0.3) is 10.2 Å². The number of thiophene rings is 1. The van der Waals surface area contributed by atoms with E-state index in [0.29, 0.717) is 31.4 Å². The van der Waals surface area contributed by atoms with Crippen LogP contribution in [0.4, 0.5) is 0 Å². The van der Waals surface area contributed by atoms with Crippen molar-refractivity contribution in [1.29, 1.82) is 0 Å². The summed E-state index contributed by atoms with van der Waals surface area (Å²) in [5, 5.41) is 10.9. The molecular weight excluding hydrogens is 362 g/mol. The van der Waals surface area contributed by atoms with Crippen molar-refractivity contribution in [3.63, 3.8) is 0 Å². The first kappa shape index (κ1) is 20.2. The third-order valence-electron chi connectivity index (χ3n) is 5.05. The topological polar surface area (TPSA) is 78.5 Å². The molecule has 0 fully saturated rings. The summed E-state index contributed by atoms with van der Waals surface area (Å²) in [4.78, 5) is 24.6. The first-order chi connectivity index (χ1) is 13.0. The van der Waals surface area contributed by atoms with Crippen LogP contribution in [0.2, 0.25) is 0 Å². The number of nitrogens with zero attached hydrogens (tertiary/aromatic N) is 2. The summed E-state index contributed by atoms with van der Waals surface area (Å²) in [5.41, 5.74) is 1.17. The average Bonchev–Trinajstić information content (AvgIpc) is 2.98. The van der Waals surface area contributed by atoms with Gasteiger partial charge in [-0.2, -0.15) is 0 Å². The average molecular weight is 392 g/mol. The molecular formula is C20H29N3O3S. The predicted molar refractivity (Wildman–Crippen MR) is 109 cm³/mol. The molecule has 0 bridgehead atoms. The van der Waals surface area contributed by atoms with Gasteiger partial charge in [-0.25, -0.2) is 4.98 Å². The Balaban J connectivity index is 1.74. The molecule has 6 nitrogen and oxygen atoms in total. The molecule has 0 spiro atoms. The number of hydrogen-bond acceptors (Lipinski definition) is 6. The van der Waals surface area contributed by atoms with Gasteiger partial charge in [-0.05, 0) is 37.3 Å². The van der Waals surface area contributed by atoms with E-state index < -0.39 is 6.10 Å². The van der Waals surface area contributed by atoms with Gasteiger partial charge in [-0.1, -0.05) is 19.9 Å². The Morgan fingerprint density at radius 2 is 2.37 bits per heavy atom. The van der Waals surface area contributed by atoms with E-state index in [0.717, 1.165) is 36.0 Å². The fraction of sp³-hybridized carbons (Fsp3) is 0.600. The summed E-state index contributed by atoms with van der Waals surface area (Å²) in [6, 6.07) is 0. The van der Waals surface area contributed by atoms with Crippen molar-refractivity contribution in [3.05, 3.63) is 39.3 Å². The number of fused-ring (bicyclic) bond motifs is 3. The number of likely N-dealkylation sites (N-methyl/N-ethyl adjacent to an activating group) is 1. The monoisotopic (exact) mass is 391 g/mol. The van der Waals surface area contributed by atoms with E-state index in [9.17, 15) is 9.90 Å². The minimum atomic E-state index is -0.587. The zero-order valence-electron chi connectivity index (χ0n) is 16.2. The molecule has 27 heavy (non-hydrogen) atoms. The highest BCUT2D eigenvalue weighted by Gasteiger charge is 2.23. The lowest BCUT2D eigenvalue weighted by Crippen LogP contribution is -2.35. The number of aromatic amines is 1. The summed E-state index contributed by atoms with van der Waals surface area (Å²) in [6.45, 7) is 10.3. The second-order valence-corrected chi connectivity index (χ2v) is 8.44. The van der Waals surface area contributed by atoms with Gasteiger partial charge in [-0.15, -0.1) is 17.9 Å². The SMILES string of the molecule is C=CCOCC(O)CN(CC)Cc1nc2sc3c(c2c(=O)[nH]1)CCC(C)C3. The van der Waals surface area contributed by atoms with Crippen molar-refractivity contribution >= 4 is 21.6 Å². The Morgan fingerprint density at radius 1 is 1.56 bits per heavy atom. The first-order valence-electron chi connectivity index (χ1n) is 9.64. The van der Waals surface area contributed by atoms with Crippen LogP contribution < -0.4 is 5.56 Å². The minimum absolute atomic E-state index is 0.0343. The minimum Gasteiger partial charge on any atom is -0.389 e. The van der Waals surface area contributed by atoms with Crippen LogP contribution in [0.15, 0.2) is 17.4 Å². The van der Waals surface area contributed by atoms with E-state index in [1.807, 2.05) is 6.92 Å². The molecule has 3 rings (SSSR count). The fourth-order valence-electron chi connectivity index (χ4n) is 3.62. The smallest absolute Gasteiger partial charge is 0.259 e. The Hall–Kier alpha value is -1.54. The Kier molecular flexibility index (Phi) is 6.81. The van der Waals surface area contributed by atoms with E-state index in [2.05, 4.69) is 23.4 Å². The van der Waals surface area contributed by atoms with E-state index in [1.165, 1.54) is 10.4 Å². The number of hydrogen-bond donors (Lipinski definition) is 2. The molecule has 0 radical (unpaired) electrons. The number of aromatic nitrogens is 2. The molecule has 0 saturated heterocycles. The standard InChI is InChI=1S/C20H29N3O3S/c1-4-8-26-12-14(24)10-23(5-2)11-17-21-19(25)18-15-7-6-13(3)9-16(15)27-20(18)22-17/h4,13-14,24H,1,5-12H2,2-3H3,(H,21,22,25). The maximum atomic E-state index is 12.7. The van der Waals surface area contributed by atoms with Gasteiger partial charge in [0.1, 0.15) is 10.7 Å². The highest BCUT2D eigenvalue weighted by molar-refractivity contribution is 7.18. The van der Waals surface area contributed by atoms with Crippen molar-refractivity contribution in [1.82, 2.24) is 14.9 Å². The molecule has 2 aromatic rings. The zero-order valence-corrected chi connectivity index (χ0v) is 17.0. The van der Waals surface area contributed by atoms with Gasteiger partial charge in [0.05, 0.1) is 31.2 Å². The van der Waals surface area contributed by atoms with E-state index in [-0.39, 0.29) is 12.2 Å². The van der Waals surface area contributed by atoms with Crippen LogP contribution >= 0.6 is 11.3 Å². The molecule has 1 aliphatic rings. The predicted octanol–water partition coefficient (Wildman–Crippen LogP) is 2.49. The molecule has 148 valence electrons. The summed E-state index contributed by atoms with van der Waals surface area (Å²) < 4.78 is 5.31. The molecule has 2 N–H and O–H groups in total. The molecule has 7 heteroatoms. The zero-order chi connectivity index (χ0) is 19.4. The van der Waals surface area contributed by atoms with Gasteiger partial charge in [0.2, 0.25) is 0 Å². The fourth-order valence-corrected chi connectivity index (χ4v) is 5.03. The maximum absolute atomic E-state index is 12.7. The summed E-state index contributed by atoms with van der Waals surface area (Å²) in [5.74, 6) is 1.32. The van der Waals surface area contributed by atoms with Gasteiger partial charge >= 0.3 is 0 Å². The van der Waals surface area contributed by atoms with Gasteiger partial charge in [0.25, 0.3) is 5.56 Å². The number of ether oxygens (including phenoxy) is 1. The molecule has 1 aliphatic carbocycles. The molecule has 0 saturated carbocycles. The highest BCUT2D eigenvalue weighted by atomic mass is 32.1. The van der Waals surface area contributed by atoms with Gasteiger partial charge in [0.15, 0.2) is 0 Å². The maximum Gasteiger partial charge on any atom is 0.259 e. The number of nitrogens with one attached hydrogen (secondary N) is 1. The third kappa shape index (κ3) is 4.85. The Bertz CT molecular complexity index is 845. The highest BCUT2D eigenvalue weighted by Crippen LogP contribution is 2.35. The van der Waals surface area contributed by atoms with Gasteiger partial charge < -0.3 is 14.8 Å². The number of aryl methyl sites for hydroxylation is 1. The van der Waals surface area contributed by atoms with Crippen molar-refractivity contribution in [3.8, 4) is 0 Å². The summed E-state index contributed by atoms with van der Waals surface area (Å²) in [7, 11) is 0. The summed E-state index contributed by atoms with van der Waals surface area (Å²) >= 11 is 1.67. The number of aliphatic hydroxyl groups is 1. The number of rotatable bonds is 9. The second-order valence-electron chi connectivity index (χ2n) is 7.35. The lowest BCUT2D eigenvalue weighted by molar-refractivity contribution is 0.0252. The van der Waals surface area contributed by atoms with Crippen LogP contribution in [-0.2, 0) is 24.1 Å². The largest absolute Gasteiger partial charge is 0.389 e. The van der Waals surface area contributed by atoms with Crippen LogP contribution in [0.3, 0.4) is 0 Å². The summed E-state index contributed by atoms with van der Waals surface area (Å²) in [6.07, 6.45) is 4.23. The van der Waals surface area contributed by atoms with Crippen molar-refractivity contribution in [2.45, 2.75) is 45.8 Å². The Labute approximate surface area is 163 Å². The number of aliphatic hydroxyl groups excluding tert-OH is 1. The quantitative estimate of drug-likeness (QED) is 0.507. The van der Waals surface area contributed by atoms with E-state index in [1.54, 1.807) is 17.4 Å². The van der Waals surface area contributed by atoms with Crippen molar-refractivity contribution in [2.24, 2.45) is 5.92 Å². The molecule has 2 heterocycles. The van der Waals surface area contributed by atoms with Crippen LogP contribution in [-0.4, -0.2) is 52.4 Å². The van der Waals surface area contributed by atoms with Crippen LogP contribution in [0, 0.1) is 5.92 Å². The normalized spacial score (nSPS) is 18.0. The molecule has 2 unspecified atom stereocenters. The first-order valence-corrected chi connectivity index (χ1v) is 10.5. The van der Waals surface area contributed by atoms with Crippen LogP contribution in [0.5, 0.6) is 0 Å². The van der Waals surface area contributed by atoms with Gasteiger partial charge in [0, 0.05) is 11.4 Å². The number of H-pyrrole nitrogens is 1. The molecule has 0 amide bonds. The molecule has 2 aromatic heterocycles. The van der Waals surface area contributed by atoms with E-state index in [4.69, 9.17) is 9.72 Å². The third-order valence-corrected chi connectivity index (χ3v) is 6.20. The molecule has 0 aliphatic heterocycles. The molecule has 0 aromatic carbocycles. The van der Waals surface area contributed by atoms with Crippen LogP contribution in [0.1, 0.15) is 36.5 Å². The van der Waals surface area contributed by atoms with Gasteiger partial charge in [-0.3, -0.25) is 9.69 Å². The Morgan fingerprint density at radius 3 is 3.11 bits per heavy atom. The van der Waals surface area contributed by atoms with Crippen molar-refractivity contribution in [2.75, 3.05) is 26.3 Å².